The summed E-state index contributed by atoms with van der Waals surface area (Å²) in [5, 5.41) is 10.1. The fraction of sp³-hybridized carbons (Fsp3) is 0.286. The zero-order chi connectivity index (χ0) is 24.2. The van der Waals surface area contributed by atoms with E-state index < -0.39 is 25.8 Å². The van der Waals surface area contributed by atoms with Crippen molar-refractivity contribution in [3.63, 3.8) is 0 Å². The van der Waals surface area contributed by atoms with Crippen LogP contribution in [0.5, 0.6) is 0 Å². The third kappa shape index (κ3) is 5.83. The highest BCUT2D eigenvalue weighted by Gasteiger charge is 2.22. The van der Waals surface area contributed by atoms with Crippen molar-refractivity contribution in [3.8, 4) is 0 Å². The fourth-order valence-electron chi connectivity index (χ4n) is 3.06. The third-order valence-corrected chi connectivity index (χ3v) is 8.05. The predicted octanol–water partition coefficient (Wildman–Crippen LogP) is 2.35. The average molecular weight is 493 g/mol. The van der Waals surface area contributed by atoms with Crippen molar-refractivity contribution in [3.05, 3.63) is 65.5 Å². The van der Waals surface area contributed by atoms with Crippen LogP contribution >= 0.6 is 0 Å². The number of rotatable bonds is 9. The van der Waals surface area contributed by atoms with Gasteiger partial charge in [0.25, 0.3) is 5.91 Å². The lowest BCUT2D eigenvalue weighted by Gasteiger charge is -2.18. The molecule has 1 heterocycles. The monoisotopic (exact) mass is 492 g/mol. The molecular formula is C21H24N4O6S2. The van der Waals surface area contributed by atoms with Crippen LogP contribution in [0.15, 0.2) is 62.7 Å². The van der Waals surface area contributed by atoms with Gasteiger partial charge in [0, 0.05) is 24.9 Å². The first-order chi connectivity index (χ1) is 15.5. The Kier molecular flexibility index (Phi) is 7.30. The number of sulfone groups is 1. The summed E-state index contributed by atoms with van der Waals surface area (Å²) in [5.74, 6) is -0.299. The average Bonchev–Trinajstić information content (AvgIpc) is 3.21. The Bertz CT molecular complexity index is 1330. The van der Waals surface area contributed by atoms with Crippen LogP contribution in [0.25, 0.3) is 0 Å². The van der Waals surface area contributed by atoms with Crippen molar-refractivity contribution in [2.45, 2.75) is 30.1 Å². The highest BCUT2D eigenvalue weighted by molar-refractivity contribution is 7.90. The van der Waals surface area contributed by atoms with Crippen molar-refractivity contribution in [1.82, 2.24) is 14.5 Å². The molecule has 12 heteroatoms. The Labute approximate surface area is 192 Å². The fourth-order valence-corrected chi connectivity index (χ4v) is 5.15. The van der Waals surface area contributed by atoms with Gasteiger partial charge < -0.3 is 4.42 Å². The summed E-state index contributed by atoms with van der Waals surface area (Å²) in [5.41, 5.74) is 0.985. The van der Waals surface area contributed by atoms with E-state index in [0.29, 0.717) is 13.1 Å². The Hall–Kier alpha value is -3.09. The molecule has 1 amide bonds. The number of amides is 1. The smallest absolute Gasteiger partial charge is 0.322 e. The number of carbonyl (C=O) groups is 1. The van der Waals surface area contributed by atoms with E-state index in [-0.39, 0.29) is 33.7 Å². The first-order valence-electron chi connectivity index (χ1n) is 10.1. The summed E-state index contributed by atoms with van der Waals surface area (Å²) >= 11 is 0. The first kappa shape index (κ1) is 24.6. The molecule has 0 saturated carbocycles. The molecule has 3 rings (SSSR count). The molecule has 33 heavy (non-hydrogen) atoms. The van der Waals surface area contributed by atoms with E-state index in [1.165, 1.54) is 40.7 Å². The Balaban J connectivity index is 1.66. The summed E-state index contributed by atoms with van der Waals surface area (Å²) in [6.45, 7) is 4.21. The number of nitrogens with zero attached hydrogens (tertiary/aromatic N) is 3. The van der Waals surface area contributed by atoms with Crippen molar-refractivity contribution in [2.24, 2.45) is 0 Å². The summed E-state index contributed by atoms with van der Waals surface area (Å²) in [6.07, 6.45) is 1.39. The van der Waals surface area contributed by atoms with E-state index in [0.717, 1.165) is 11.8 Å². The Morgan fingerprint density at radius 1 is 0.909 bits per heavy atom. The van der Waals surface area contributed by atoms with E-state index in [9.17, 15) is 21.6 Å². The maximum Gasteiger partial charge on any atom is 0.322 e. The molecule has 0 fully saturated rings. The van der Waals surface area contributed by atoms with Gasteiger partial charge in [-0.1, -0.05) is 31.1 Å². The van der Waals surface area contributed by atoms with Gasteiger partial charge in [-0.2, -0.15) is 4.31 Å². The molecule has 0 atom stereocenters. The normalized spacial score (nSPS) is 12.1. The van der Waals surface area contributed by atoms with Crippen LogP contribution in [0.1, 0.15) is 35.7 Å². The molecule has 0 aliphatic rings. The number of sulfonamides is 1. The lowest BCUT2D eigenvalue weighted by atomic mass is 10.1. The summed E-state index contributed by atoms with van der Waals surface area (Å²) in [6, 6.07) is 11.7. The van der Waals surface area contributed by atoms with Crippen LogP contribution in [0.4, 0.5) is 6.01 Å². The topological polar surface area (TPSA) is 140 Å². The highest BCUT2D eigenvalue weighted by atomic mass is 32.2. The van der Waals surface area contributed by atoms with Gasteiger partial charge in [-0.25, -0.2) is 16.8 Å². The lowest BCUT2D eigenvalue weighted by molar-refractivity contribution is 0.102. The van der Waals surface area contributed by atoms with E-state index in [2.05, 4.69) is 15.5 Å². The van der Waals surface area contributed by atoms with Crippen LogP contribution in [-0.2, 0) is 26.3 Å². The van der Waals surface area contributed by atoms with Crippen LogP contribution in [0, 0.1) is 0 Å². The second kappa shape index (κ2) is 9.81. The Morgan fingerprint density at radius 3 is 2.03 bits per heavy atom. The molecule has 0 unspecified atom stereocenters. The van der Waals surface area contributed by atoms with Crippen LogP contribution in [-0.4, -0.2) is 56.6 Å². The van der Waals surface area contributed by atoms with Crippen LogP contribution in [0.2, 0.25) is 0 Å². The van der Waals surface area contributed by atoms with Crippen molar-refractivity contribution in [2.75, 3.05) is 24.7 Å². The molecule has 0 bridgehead atoms. The quantitative estimate of drug-likeness (QED) is 0.480. The van der Waals surface area contributed by atoms with Crippen LogP contribution in [0.3, 0.4) is 0 Å². The van der Waals surface area contributed by atoms with E-state index in [1.54, 1.807) is 26.0 Å². The standard InChI is InChI=1S/C21H24N4O6S2/c1-4-25(5-2)33(29,30)18-12-8-16(9-13-18)20(26)22-21-24-23-19(31-21)14-15-6-10-17(11-7-15)32(3,27)28/h6-13H,4-5,14H2,1-3H3,(H,22,24,26). The summed E-state index contributed by atoms with van der Waals surface area (Å²) < 4.78 is 54.9. The SMILES string of the molecule is CCN(CC)S(=O)(=O)c1ccc(C(=O)Nc2nnc(Cc3ccc(S(C)(=O)=O)cc3)o2)cc1. The second-order valence-electron chi connectivity index (χ2n) is 7.16. The van der Waals surface area contributed by atoms with E-state index in [1.807, 2.05) is 0 Å². The second-order valence-corrected chi connectivity index (χ2v) is 11.1. The maximum absolute atomic E-state index is 12.5. The van der Waals surface area contributed by atoms with Gasteiger partial charge in [0.1, 0.15) is 0 Å². The minimum Gasteiger partial charge on any atom is -0.407 e. The number of hydrogen-bond acceptors (Lipinski definition) is 8. The maximum atomic E-state index is 12.5. The molecule has 2 aromatic carbocycles. The minimum atomic E-state index is -3.61. The molecule has 0 spiro atoms. The molecule has 0 aliphatic carbocycles. The molecule has 1 aromatic heterocycles. The van der Waals surface area contributed by atoms with Crippen molar-refractivity contribution in [1.29, 1.82) is 0 Å². The number of anilines is 1. The van der Waals surface area contributed by atoms with E-state index >= 15 is 0 Å². The van der Waals surface area contributed by atoms with Crippen LogP contribution < -0.4 is 5.32 Å². The molecule has 0 radical (unpaired) electrons. The highest BCUT2D eigenvalue weighted by Crippen LogP contribution is 2.18. The lowest BCUT2D eigenvalue weighted by Crippen LogP contribution is -2.30. The molecule has 0 aliphatic heterocycles. The van der Waals surface area contributed by atoms with Gasteiger partial charge in [0.15, 0.2) is 9.84 Å². The Morgan fingerprint density at radius 2 is 1.48 bits per heavy atom. The summed E-state index contributed by atoms with van der Waals surface area (Å²) in [4.78, 5) is 12.8. The third-order valence-electron chi connectivity index (χ3n) is 4.85. The number of carbonyl (C=O) groups excluding carboxylic acids is 1. The molecule has 176 valence electrons. The molecule has 1 N–H and O–H groups in total. The molecule has 0 saturated heterocycles. The molecular weight excluding hydrogens is 468 g/mol. The molecule has 3 aromatic rings. The van der Waals surface area contributed by atoms with Gasteiger partial charge in [0.2, 0.25) is 15.9 Å². The van der Waals surface area contributed by atoms with Gasteiger partial charge in [-0.15, -0.1) is 5.10 Å². The zero-order valence-corrected chi connectivity index (χ0v) is 20.0. The van der Waals surface area contributed by atoms with Crippen molar-refractivity contribution < 1.29 is 26.0 Å². The van der Waals surface area contributed by atoms with Gasteiger partial charge in [0.05, 0.1) is 16.2 Å². The zero-order valence-electron chi connectivity index (χ0n) is 18.3. The number of benzene rings is 2. The van der Waals surface area contributed by atoms with Gasteiger partial charge in [-0.05, 0) is 42.0 Å². The number of nitrogens with one attached hydrogen (secondary N) is 1. The van der Waals surface area contributed by atoms with E-state index in [4.69, 9.17) is 4.42 Å². The van der Waals surface area contributed by atoms with Crippen molar-refractivity contribution >= 4 is 31.8 Å². The number of hydrogen-bond donors (Lipinski definition) is 1. The van der Waals surface area contributed by atoms with Gasteiger partial charge in [-0.3, -0.25) is 10.1 Å². The predicted molar refractivity (Wildman–Crippen MR) is 121 cm³/mol. The summed E-state index contributed by atoms with van der Waals surface area (Å²) in [7, 11) is -6.89. The minimum absolute atomic E-state index is 0.102. The molecule has 10 nitrogen and oxygen atoms in total. The largest absolute Gasteiger partial charge is 0.407 e. The first-order valence-corrected chi connectivity index (χ1v) is 13.4. The van der Waals surface area contributed by atoms with Gasteiger partial charge >= 0.3 is 6.01 Å². The number of aromatic nitrogens is 2.